The topological polar surface area (TPSA) is 96.0 Å². The summed E-state index contributed by atoms with van der Waals surface area (Å²) >= 11 is 1.49. The molecule has 4 aromatic heterocycles. The summed E-state index contributed by atoms with van der Waals surface area (Å²) in [6, 6.07) is 11.8. The number of nitrogen functional groups attached to an aromatic ring is 1. The van der Waals surface area contributed by atoms with Gasteiger partial charge < -0.3 is 15.2 Å². The number of anilines is 1. The highest BCUT2D eigenvalue weighted by Crippen LogP contribution is 2.43. The first kappa shape index (κ1) is 18.3. The van der Waals surface area contributed by atoms with E-state index in [1.54, 1.807) is 26.6 Å². The standard InChI is InChI=1S/C22H17N5O2S/c1-28-16-6-5-12(8-17(16)29-2)14-9-15(13-4-3-7-24-10-13)27-22-18(14)19-20(30-22)21(23)26-11-25-19/h3-11H,1-2H3,(H2,23,25,26). The maximum Gasteiger partial charge on any atom is 0.161 e. The minimum Gasteiger partial charge on any atom is -0.493 e. The lowest BCUT2D eigenvalue weighted by Crippen LogP contribution is -1.93. The molecule has 4 heterocycles. The summed E-state index contributed by atoms with van der Waals surface area (Å²) < 4.78 is 11.7. The molecule has 0 saturated heterocycles. The summed E-state index contributed by atoms with van der Waals surface area (Å²) in [5.41, 5.74) is 10.6. The lowest BCUT2D eigenvalue weighted by atomic mass is 10.00. The summed E-state index contributed by atoms with van der Waals surface area (Å²) in [4.78, 5) is 18.6. The van der Waals surface area contributed by atoms with Gasteiger partial charge in [-0.3, -0.25) is 4.98 Å². The Balaban J connectivity index is 1.87. The lowest BCUT2D eigenvalue weighted by molar-refractivity contribution is 0.355. The van der Waals surface area contributed by atoms with E-state index >= 15 is 0 Å². The Morgan fingerprint density at radius 3 is 2.60 bits per heavy atom. The molecule has 0 unspecified atom stereocenters. The van der Waals surface area contributed by atoms with Crippen LogP contribution in [0.25, 0.3) is 42.8 Å². The van der Waals surface area contributed by atoms with Gasteiger partial charge in [-0.25, -0.2) is 15.0 Å². The minimum absolute atomic E-state index is 0.448. The van der Waals surface area contributed by atoms with E-state index in [-0.39, 0.29) is 0 Å². The van der Waals surface area contributed by atoms with Crippen molar-refractivity contribution in [2.45, 2.75) is 0 Å². The van der Waals surface area contributed by atoms with Crippen LogP contribution in [-0.2, 0) is 0 Å². The molecule has 5 aromatic rings. The quantitative estimate of drug-likeness (QED) is 0.459. The fourth-order valence-corrected chi connectivity index (χ4v) is 4.54. The molecule has 148 valence electrons. The fraction of sp³-hybridized carbons (Fsp3) is 0.0909. The van der Waals surface area contributed by atoms with E-state index in [0.717, 1.165) is 42.8 Å². The molecule has 0 aliphatic heterocycles. The van der Waals surface area contributed by atoms with Gasteiger partial charge in [0.2, 0.25) is 0 Å². The third-order valence-electron chi connectivity index (χ3n) is 4.91. The van der Waals surface area contributed by atoms with E-state index in [2.05, 4.69) is 15.0 Å². The Hall–Kier alpha value is -3.78. The predicted molar refractivity (Wildman–Crippen MR) is 119 cm³/mol. The second-order valence-electron chi connectivity index (χ2n) is 6.59. The van der Waals surface area contributed by atoms with Gasteiger partial charge in [-0.2, -0.15) is 0 Å². The first-order valence-electron chi connectivity index (χ1n) is 9.16. The van der Waals surface area contributed by atoms with Crippen LogP contribution < -0.4 is 15.2 Å². The molecule has 7 nitrogen and oxygen atoms in total. The summed E-state index contributed by atoms with van der Waals surface area (Å²) in [7, 11) is 3.24. The Kier molecular flexibility index (Phi) is 4.40. The minimum atomic E-state index is 0.448. The number of hydrogen-bond acceptors (Lipinski definition) is 8. The van der Waals surface area contributed by atoms with Crippen molar-refractivity contribution in [1.29, 1.82) is 0 Å². The maximum absolute atomic E-state index is 6.13. The monoisotopic (exact) mass is 415 g/mol. The van der Waals surface area contributed by atoms with Crippen molar-refractivity contribution >= 4 is 37.6 Å². The van der Waals surface area contributed by atoms with Gasteiger partial charge in [0.15, 0.2) is 11.5 Å². The van der Waals surface area contributed by atoms with Gasteiger partial charge in [0.1, 0.15) is 17.0 Å². The summed E-state index contributed by atoms with van der Waals surface area (Å²) in [6.07, 6.45) is 5.03. The highest BCUT2D eigenvalue weighted by molar-refractivity contribution is 7.26. The van der Waals surface area contributed by atoms with Gasteiger partial charge in [0.25, 0.3) is 0 Å². The van der Waals surface area contributed by atoms with Crippen LogP contribution in [0.3, 0.4) is 0 Å². The first-order valence-corrected chi connectivity index (χ1v) is 9.97. The third kappa shape index (κ3) is 2.89. The second-order valence-corrected chi connectivity index (χ2v) is 7.58. The van der Waals surface area contributed by atoms with Crippen LogP contribution in [0.2, 0.25) is 0 Å². The molecule has 0 aliphatic rings. The van der Waals surface area contributed by atoms with E-state index < -0.39 is 0 Å². The zero-order chi connectivity index (χ0) is 20.7. The molecular weight excluding hydrogens is 398 g/mol. The molecule has 0 atom stereocenters. The molecule has 0 amide bonds. The number of thiophene rings is 1. The first-order chi connectivity index (χ1) is 14.7. The van der Waals surface area contributed by atoms with Gasteiger partial charge in [-0.1, -0.05) is 6.07 Å². The molecule has 0 radical (unpaired) electrons. The van der Waals surface area contributed by atoms with Crippen molar-refractivity contribution < 1.29 is 9.47 Å². The fourth-order valence-electron chi connectivity index (χ4n) is 3.48. The molecule has 1 aromatic carbocycles. The number of aromatic nitrogens is 4. The highest BCUT2D eigenvalue weighted by atomic mass is 32.1. The van der Waals surface area contributed by atoms with E-state index in [1.807, 2.05) is 36.4 Å². The van der Waals surface area contributed by atoms with Crippen LogP contribution in [-0.4, -0.2) is 34.2 Å². The Labute approximate surface area is 176 Å². The van der Waals surface area contributed by atoms with E-state index in [1.165, 1.54) is 17.7 Å². The van der Waals surface area contributed by atoms with Crippen molar-refractivity contribution in [1.82, 2.24) is 19.9 Å². The van der Waals surface area contributed by atoms with Gasteiger partial charge in [-0.15, -0.1) is 11.3 Å². The van der Waals surface area contributed by atoms with Gasteiger partial charge in [0, 0.05) is 23.3 Å². The molecule has 0 saturated carbocycles. The molecule has 30 heavy (non-hydrogen) atoms. The van der Waals surface area contributed by atoms with E-state index in [0.29, 0.717) is 17.3 Å². The zero-order valence-corrected chi connectivity index (χ0v) is 17.1. The van der Waals surface area contributed by atoms with Crippen molar-refractivity contribution in [2.75, 3.05) is 20.0 Å². The smallest absolute Gasteiger partial charge is 0.161 e. The lowest BCUT2D eigenvalue weighted by Gasteiger charge is -2.12. The van der Waals surface area contributed by atoms with Crippen LogP contribution >= 0.6 is 11.3 Å². The SMILES string of the molecule is COc1ccc(-c2cc(-c3cccnc3)nc3sc4c(N)ncnc4c23)cc1OC. The molecular formula is C22H17N5O2S. The number of methoxy groups -OCH3 is 2. The van der Waals surface area contributed by atoms with Crippen molar-refractivity contribution in [2.24, 2.45) is 0 Å². The van der Waals surface area contributed by atoms with Crippen molar-refractivity contribution in [3.8, 4) is 33.9 Å². The maximum atomic E-state index is 6.13. The number of rotatable bonds is 4. The van der Waals surface area contributed by atoms with Crippen LogP contribution in [0.15, 0.2) is 55.1 Å². The molecule has 0 fully saturated rings. The molecule has 0 aliphatic carbocycles. The van der Waals surface area contributed by atoms with Gasteiger partial charge >= 0.3 is 0 Å². The third-order valence-corrected chi connectivity index (χ3v) is 6.00. The second kappa shape index (κ2) is 7.23. The van der Waals surface area contributed by atoms with Crippen LogP contribution in [0.4, 0.5) is 5.82 Å². The molecule has 2 N–H and O–H groups in total. The Morgan fingerprint density at radius 1 is 0.967 bits per heavy atom. The average molecular weight is 415 g/mol. The van der Waals surface area contributed by atoms with E-state index in [9.17, 15) is 0 Å². The molecule has 0 spiro atoms. The number of ether oxygens (including phenoxy) is 2. The molecule has 8 heteroatoms. The van der Waals surface area contributed by atoms with Crippen LogP contribution in [0, 0.1) is 0 Å². The van der Waals surface area contributed by atoms with Gasteiger partial charge in [-0.05, 0) is 41.5 Å². The molecule has 0 bridgehead atoms. The van der Waals surface area contributed by atoms with Gasteiger partial charge in [0.05, 0.1) is 30.1 Å². The number of nitrogens with zero attached hydrogens (tertiary/aromatic N) is 4. The van der Waals surface area contributed by atoms with Crippen molar-refractivity contribution in [3.05, 3.63) is 55.1 Å². The predicted octanol–water partition coefficient (Wildman–Crippen LogP) is 4.57. The molecule has 5 rings (SSSR count). The normalized spacial score (nSPS) is 11.1. The summed E-state index contributed by atoms with van der Waals surface area (Å²) in [5, 5.41) is 0.934. The van der Waals surface area contributed by atoms with Crippen LogP contribution in [0.1, 0.15) is 0 Å². The van der Waals surface area contributed by atoms with E-state index in [4.69, 9.17) is 20.2 Å². The number of fused-ring (bicyclic) bond motifs is 3. The zero-order valence-electron chi connectivity index (χ0n) is 16.3. The highest BCUT2D eigenvalue weighted by Gasteiger charge is 2.18. The summed E-state index contributed by atoms with van der Waals surface area (Å²) in [5.74, 6) is 1.77. The number of nitrogens with two attached hydrogens (primary N) is 1. The Morgan fingerprint density at radius 2 is 1.83 bits per heavy atom. The van der Waals surface area contributed by atoms with Crippen molar-refractivity contribution in [3.63, 3.8) is 0 Å². The summed E-state index contributed by atoms with van der Waals surface area (Å²) in [6.45, 7) is 0. The largest absolute Gasteiger partial charge is 0.493 e. The number of pyridine rings is 2. The number of hydrogen-bond donors (Lipinski definition) is 1. The van der Waals surface area contributed by atoms with Crippen LogP contribution in [0.5, 0.6) is 11.5 Å². The Bertz CT molecular complexity index is 1390. The number of benzene rings is 1. The average Bonchev–Trinajstić information content (AvgIpc) is 3.18.